The Morgan fingerprint density at radius 1 is 1.29 bits per heavy atom. The van der Waals surface area contributed by atoms with Crippen molar-refractivity contribution in [2.45, 2.75) is 6.92 Å². The van der Waals surface area contributed by atoms with Gasteiger partial charge in [0.05, 0.1) is 0 Å². The molecule has 0 saturated carbocycles. The third-order valence-electron chi connectivity index (χ3n) is 1.19. The molecule has 1 rings (SSSR count). The molecule has 0 aliphatic carbocycles. The lowest BCUT2D eigenvalue weighted by molar-refractivity contribution is -0.114. The third-order valence-corrected chi connectivity index (χ3v) is 1.19. The van der Waals surface area contributed by atoms with Crippen molar-refractivity contribution < 1.29 is 14.6 Å². The van der Waals surface area contributed by atoms with Crippen molar-refractivity contribution >= 4 is 11.6 Å². The Labute approximate surface area is 83.5 Å². The average molecular weight is 197 g/mol. The van der Waals surface area contributed by atoms with Crippen LogP contribution in [0.3, 0.4) is 0 Å². The summed E-state index contributed by atoms with van der Waals surface area (Å²) in [6.45, 7) is 1.44. The van der Waals surface area contributed by atoms with Crippen LogP contribution in [-0.2, 0) is 9.53 Å². The largest absolute Gasteiger partial charge is 0.508 e. The van der Waals surface area contributed by atoms with Crippen LogP contribution in [0.15, 0.2) is 24.3 Å². The molecule has 0 aliphatic heterocycles. The number of hydrogen-bond donors (Lipinski definition) is 2. The number of aromatic hydroxyl groups is 1. The van der Waals surface area contributed by atoms with E-state index in [1.165, 1.54) is 19.1 Å². The second kappa shape index (κ2) is 6.91. The van der Waals surface area contributed by atoms with Crippen LogP contribution in [0.1, 0.15) is 6.92 Å². The molecule has 0 fully saturated rings. The highest BCUT2D eigenvalue weighted by atomic mass is 16.4. The van der Waals surface area contributed by atoms with Gasteiger partial charge in [0.15, 0.2) is 0 Å². The van der Waals surface area contributed by atoms with Crippen LogP contribution in [0.25, 0.3) is 0 Å². The van der Waals surface area contributed by atoms with E-state index in [9.17, 15) is 4.79 Å². The average Bonchev–Trinajstić information content (AvgIpc) is 2.09. The zero-order valence-electron chi connectivity index (χ0n) is 8.57. The number of methoxy groups -OCH3 is 1. The summed E-state index contributed by atoms with van der Waals surface area (Å²) < 4.78 is 4.25. The summed E-state index contributed by atoms with van der Waals surface area (Å²) in [6, 6.07) is 6.31. The molecular formula is C10H15NO3. The summed E-state index contributed by atoms with van der Waals surface area (Å²) in [5.41, 5.74) is 0.690. The van der Waals surface area contributed by atoms with Crippen LogP contribution in [0.4, 0.5) is 5.69 Å². The van der Waals surface area contributed by atoms with Gasteiger partial charge in [-0.05, 0) is 24.3 Å². The maximum atomic E-state index is 10.5. The van der Waals surface area contributed by atoms with Crippen molar-refractivity contribution in [3.63, 3.8) is 0 Å². The maximum Gasteiger partial charge on any atom is 0.221 e. The second-order valence-corrected chi connectivity index (χ2v) is 2.64. The van der Waals surface area contributed by atoms with Gasteiger partial charge in [0, 0.05) is 26.8 Å². The molecule has 1 amide bonds. The van der Waals surface area contributed by atoms with E-state index in [0.717, 1.165) is 0 Å². The first-order valence-electron chi connectivity index (χ1n) is 4.07. The molecule has 4 nitrogen and oxygen atoms in total. The molecule has 78 valence electrons. The van der Waals surface area contributed by atoms with Crippen molar-refractivity contribution in [1.29, 1.82) is 0 Å². The number of phenolic OH excluding ortho intramolecular Hbond substituents is 1. The lowest BCUT2D eigenvalue weighted by Gasteiger charge is -1.99. The van der Waals surface area contributed by atoms with Crippen LogP contribution < -0.4 is 5.32 Å². The molecular weight excluding hydrogens is 182 g/mol. The number of nitrogens with one attached hydrogen (secondary N) is 1. The highest BCUT2D eigenvalue weighted by molar-refractivity contribution is 5.88. The minimum atomic E-state index is -0.115. The Balaban J connectivity index is 0.000000500. The van der Waals surface area contributed by atoms with E-state index in [1.807, 2.05) is 0 Å². The Hall–Kier alpha value is -1.55. The van der Waals surface area contributed by atoms with Gasteiger partial charge in [-0.2, -0.15) is 0 Å². The van der Waals surface area contributed by atoms with Gasteiger partial charge in [0.2, 0.25) is 5.91 Å². The highest BCUT2D eigenvalue weighted by Gasteiger charge is 1.93. The molecule has 0 aromatic heterocycles. The fourth-order valence-corrected chi connectivity index (χ4v) is 0.748. The Morgan fingerprint density at radius 2 is 1.71 bits per heavy atom. The van der Waals surface area contributed by atoms with Gasteiger partial charge in [0.1, 0.15) is 5.75 Å². The van der Waals surface area contributed by atoms with Crippen molar-refractivity contribution in [3.05, 3.63) is 24.3 Å². The quantitative estimate of drug-likeness (QED) is 0.672. The number of carbonyl (C=O) groups is 1. The summed E-state index contributed by atoms with van der Waals surface area (Å²) in [4.78, 5) is 10.5. The molecule has 14 heavy (non-hydrogen) atoms. The van der Waals surface area contributed by atoms with Crippen LogP contribution in [0.5, 0.6) is 5.75 Å². The summed E-state index contributed by atoms with van der Waals surface area (Å²) in [5.74, 6) is 0.0785. The Bertz CT molecular complexity index is 269. The van der Waals surface area contributed by atoms with Gasteiger partial charge < -0.3 is 15.2 Å². The number of amides is 1. The smallest absolute Gasteiger partial charge is 0.221 e. The second-order valence-electron chi connectivity index (χ2n) is 2.64. The summed E-state index contributed by atoms with van der Waals surface area (Å²) in [7, 11) is 3.25. The molecule has 1 aromatic carbocycles. The summed E-state index contributed by atoms with van der Waals surface area (Å²) >= 11 is 0. The number of rotatable bonds is 1. The van der Waals surface area contributed by atoms with Gasteiger partial charge in [-0.3, -0.25) is 4.79 Å². The molecule has 0 radical (unpaired) electrons. The SMILES string of the molecule is CC(=O)Nc1ccc(O)cc1.COC. The first-order chi connectivity index (χ1) is 6.60. The Morgan fingerprint density at radius 3 is 2.07 bits per heavy atom. The fourth-order valence-electron chi connectivity index (χ4n) is 0.748. The van der Waals surface area contributed by atoms with E-state index in [0.29, 0.717) is 5.69 Å². The normalized spacial score (nSPS) is 8.50. The van der Waals surface area contributed by atoms with Crippen molar-refractivity contribution in [1.82, 2.24) is 0 Å². The predicted octanol–water partition coefficient (Wildman–Crippen LogP) is 1.61. The van der Waals surface area contributed by atoms with Crippen molar-refractivity contribution in [3.8, 4) is 5.75 Å². The number of carbonyl (C=O) groups excluding carboxylic acids is 1. The van der Waals surface area contributed by atoms with E-state index in [2.05, 4.69) is 10.1 Å². The number of anilines is 1. The zero-order chi connectivity index (χ0) is 11.0. The van der Waals surface area contributed by atoms with Crippen LogP contribution in [-0.4, -0.2) is 25.2 Å². The minimum Gasteiger partial charge on any atom is -0.508 e. The molecule has 0 bridgehead atoms. The van der Waals surface area contributed by atoms with Gasteiger partial charge in [-0.1, -0.05) is 0 Å². The standard InChI is InChI=1S/C8H9NO2.C2H6O/c1-6(10)9-7-2-4-8(11)5-3-7;1-3-2/h2-5,11H,1H3,(H,9,10);1-2H3. The molecule has 0 aliphatic rings. The van der Waals surface area contributed by atoms with Crippen LogP contribution in [0, 0.1) is 0 Å². The molecule has 0 heterocycles. The van der Waals surface area contributed by atoms with Gasteiger partial charge in [0.25, 0.3) is 0 Å². The number of phenols is 1. The lowest BCUT2D eigenvalue weighted by atomic mass is 10.3. The van der Waals surface area contributed by atoms with Gasteiger partial charge >= 0.3 is 0 Å². The van der Waals surface area contributed by atoms with Crippen molar-refractivity contribution in [2.75, 3.05) is 19.5 Å². The zero-order valence-corrected chi connectivity index (χ0v) is 8.57. The van der Waals surface area contributed by atoms with E-state index in [-0.39, 0.29) is 11.7 Å². The molecule has 0 unspecified atom stereocenters. The Kier molecular flexibility index (Phi) is 6.15. The van der Waals surface area contributed by atoms with E-state index in [1.54, 1.807) is 26.4 Å². The minimum absolute atomic E-state index is 0.115. The van der Waals surface area contributed by atoms with Crippen LogP contribution in [0.2, 0.25) is 0 Å². The summed E-state index contributed by atoms with van der Waals surface area (Å²) in [6.07, 6.45) is 0. The monoisotopic (exact) mass is 197 g/mol. The fraction of sp³-hybridized carbons (Fsp3) is 0.300. The topological polar surface area (TPSA) is 58.6 Å². The summed E-state index contributed by atoms with van der Waals surface area (Å²) in [5, 5.41) is 11.5. The third kappa shape index (κ3) is 6.02. The molecule has 4 heteroatoms. The van der Waals surface area contributed by atoms with E-state index in [4.69, 9.17) is 5.11 Å². The lowest BCUT2D eigenvalue weighted by Crippen LogP contribution is -2.04. The molecule has 0 spiro atoms. The number of benzene rings is 1. The maximum absolute atomic E-state index is 10.5. The molecule has 0 saturated heterocycles. The molecule has 0 atom stereocenters. The molecule has 2 N–H and O–H groups in total. The van der Waals surface area contributed by atoms with Crippen molar-refractivity contribution in [2.24, 2.45) is 0 Å². The first-order valence-corrected chi connectivity index (χ1v) is 4.07. The molecule has 1 aromatic rings. The first kappa shape index (κ1) is 12.4. The number of ether oxygens (including phenoxy) is 1. The van der Waals surface area contributed by atoms with Gasteiger partial charge in [-0.25, -0.2) is 0 Å². The predicted molar refractivity (Wildman–Crippen MR) is 55.3 cm³/mol. The number of hydrogen-bond acceptors (Lipinski definition) is 3. The van der Waals surface area contributed by atoms with Crippen LogP contribution >= 0.6 is 0 Å². The highest BCUT2D eigenvalue weighted by Crippen LogP contribution is 2.13. The van der Waals surface area contributed by atoms with E-state index < -0.39 is 0 Å². The van der Waals surface area contributed by atoms with Gasteiger partial charge in [-0.15, -0.1) is 0 Å². The van der Waals surface area contributed by atoms with E-state index >= 15 is 0 Å².